The van der Waals surface area contributed by atoms with Crippen molar-refractivity contribution < 1.29 is 14.3 Å². The van der Waals surface area contributed by atoms with Gasteiger partial charge >= 0.3 is 0 Å². The lowest BCUT2D eigenvalue weighted by molar-refractivity contribution is -0.131. The third-order valence-corrected chi connectivity index (χ3v) is 5.99. The van der Waals surface area contributed by atoms with E-state index in [9.17, 15) is 9.59 Å². The lowest BCUT2D eigenvalue weighted by Gasteiger charge is -2.32. The standard InChI is InChI=1S/C23H35N3O3/c1-17-9-11-25(12-10-17)13-14-29-20-8-6-5-7-19(20)24-22(28)18-15-21(27)26(16-18)23(2,3)4/h5-8,17-18H,9-16H2,1-4H3,(H,24,28)/t18-/m0/s1. The molecule has 0 radical (unpaired) electrons. The van der Waals surface area contributed by atoms with Crippen LogP contribution in [0.4, 0.5) is 5.69 Å². The highest BCUT2D eigenvalue weighted by molar-refractivity contribution is 5.98. The summed E-state index contributed by atoms with van der Waals surface area (Å²) in [6.07, 6.45) is 2.76. The number of piperidine rings is 1. The maximum absolute atomic E-state index is 12.8. The largest absolute Gasteiger partial charge is 0.490 e. The van der Waals surface area contributed by atoms with Gasteiger partial charge in [-0.15, -0.1) is 0 Å². The highest BCUT2D eigenvalue weighted by Gasteiger charge is 2.39. The maximum Gasteiger partial charge on any atom is 0.229 e. The van der Waals surface area contributed by atoms with Crippen LogP contribution < -0.4 is 10.1 Å². The molecule has 0 spiro atoms. The number of nitrogens with zero attached hydrogens (tertiary/aromatic N) is 2. The van der Waals surface area contributed by atoms with Crippen molar-refractivity contribution in [1.29, 1.82) is 0 Å². The molecule has 0 saturated carbocycles. The summed E-state index contributed by atoms with van der Waals surface area (Å²) in [6.45, 7) is 12.5. The normalized spacial score (nSPS) is 21.4. The third kappa shape index (κ3) is 5.72. The summed E-state index contributed by atoms with van der Waals surface area (Å²) in [5, 5.41) is 2.98. The molecule has 1 atom stereocenters. The van der Waals surface area contributed by atoms with Crippen molar-refractivity contribution in [2.75, 3.05) is 38.1 Å². The number of likely N-dealkylation sites (tertiary alicyclic amines) is 2. The Morgan fingerprint density at radius 1 is 1.21 bits per heavy atom. The summed E-state index contributed by atoms with van der Waals surface area (Å²) in [7, 11) is 0. The molecule has 2 fully saturated rings. The molecule has 3 rings (SSSR count). The van der Waals surface area contributed by atoms with Gasteiger partial charge in [-0.3, -0.25) is 14.5 Å². The van der Waals surface area contributed by atoms with Crippen LogP contribution in [-0.2, 0) is 9.59 Å². The summed E-state index contributed by atoms with van der Waals surface area (Å²) >= 11 is 0. The van der Waals surface area contributed by atoms with E-state index in [1.54, 1.807) is 4.90 Å². The number of amides is 2. The Morgan fingerprint density at radius 2 is 1.90 bits per heavy atom. The summed E-state index contributed by atoms with van der Waals surface area (Å²) in [5.41, 5.74) is 0.408. The average Bonchev–Trinajstić information content (AvgIpc) is 3.07. The Kier molecular flexibility index (Phi) is 6.83. The number of para-hydroxylation sites is 2. The molecule has 2 heterocycles. The second-order valence-corrected chi connectivity index (χ2v) is 9.43. The molecule has 1 N–H and O–H groups in total. The van der Waals surface area contributed by atoms with E-state index < -0.39 is 0 Å². The van der Waals surface area contributed by atoms with Gasteiger partial charge in [0.2, 0.25) is 11.8 Å². The SMILES string of the molecule is CC1CCN(CCOc2ccccc2NC(=O)[C@H]2CC(=O)N(C(C)(C)C)C2)CC1. The van der Waals surface area contributed by atoms with Crippen LogP contribution >= 0.6 is 0 Å². The molecule has 2 amide bonds. The first-order valence-corrected chi connectivity index (χ1v) is 10.8. The van der Waals surface area contributed by atoms with E-state index in [1.165, 1.54) is 12.8 Å². The zero-order valence-corrected chi connectivity index (χ0v) is 18.2. The molecule has 1 aromatic rings. The van der Waals surface area contributed by atoms with Crippen LogP contribution in [0.1, 0.15) is 47.0 Å². The van der Waals surface area contributed by atoms with E-state index in [-0.39, 0.29) is 29.7 Å². The molecule has 0 bridgehead atoms. The van der Waals surface area contributed by atoms with E-state index >= 15 is 0 Å². The van der Waals surface area contributed by atoms with Crippen LogP contribution in [0.2, 0.25) is 0 Å². The Bertz CT molecular complexity index is 720. The number of nitrogens with one attached hydrogen (secondary N) is 1. The van der Waals surface area contributed by atoms with Crippen molar-refractivity contribution in [2.45, 2.75) is 52.5 Å². The first kappa shape index (κ1) is 21.6. The van der Waals surface area contributed by atoms with E-state index in [2.05, 4.69) is 17.1 Å². The minimum absolute atomic E-state index is 0.0398. The number of anilines is 1. The van der Waals surface area contributed by atoms with Gasteiger partial charge in [-0.1, -0.05) is 19.1 Å². The van der Waals surface area contributed by atoms with Gasteiger partial charge in [-0.2, -0.15) is 0 Å². The van der Waals surface area contributed by atoms with Crippen LogP contribution in [0.25, 0.3) is 0 Å². The molecular formula is C23H35N3O3. The smallest absolute Gasteiger partial charge is 0.229 e. The molecule has 0 aliphatic carbocycles. The van der Waals surface area contributed by atoms with E-state index in [4.69, 9.17) is 4.74 Å². The summed E-state index contributed by atoms with van der Waals surface area (Å²) in [6, 6.07) is 7.53. The minimum Gasteiger partial charge on any atom is -0.490 e. The fourth-order valence-corrected chi connectivity index (χ4v) is 4.03. The summed E-state index contributed by atoms with van der Waals surface area (Å²) < 4.78 is 5.99. The van der Waals surface area contributed by atoms with Gasteiger partial charge in [0.25, 0.3) is 0 Å². The van der Waals surface area contributed by atoms with Crippen molar-refractivity contribution in [3.63, 3.8) is 0 Å². The van der Waals surface area contributed by atoms with Gasteiger partial charge in [0.1, 0.15) is 12.4 Å². The van der Waals surface area contributed by atoms with E-state index in [0.717, 1.165) is 25.6 Å². The molecule has 1 aromatic carbocycles. The minimum atomic E-state index is -0.329. The van der Waals surface area contributed by atoms with Crippen molar-refractivity contribution in [1.82, 2.24) is 9.80 Å². The number of carbonyl (C=O) groups excluding carboxylic acids is 2. The summed E-state index contributed by atoms with van der Waals surface area (Å²) in [5.74, 6) is 1.09. The lowest BCUT2D eigenvalue weighted by Crippen LogP contribution is -2.42. The number of rotatable bonds is 6. The predicted octanol–water partition coefficient (Wildman–Crippen LogP) is 3.38. The van der Waals surface area contributed by atoms with Gasteiger partial charge < -0.3 is 15.0 Å². The van der Waals surface area contributed by atoms with Crippen molar-refractivity contribution in [3.05, 3.63) is 24.3 Å². The fraction of sp³-hybridized carbons (Fsp3) is 0.652. The number of carbonyl (C=O) groups is 2. The van der Waals surface area contributed by atoms with Crippen LogP contribution in [0.3, 0.4) is 0 Å². The third-order valence-electron chi connectivity index (χ3n) is 5.99. The Morgan fingerprint density at radius 3 is 2.55 bits per heavy atom. The number of hydrogen-bond donors (Lipinski definition) is 1. The molecule has 160 valence electrons. The summed E-state index contributed by atoms with van der Waals surface area (Å²) in [4.78, 5) is 29.3. The van der Waals surface area contributed by atoms with Crippen LogP contribution in [0.15, 0.2) is 24.3 Å². The number of hydrogen-bond acceptors (Lipinski definition) is 4. The second kappa shape index (κ2) is 9.16. The number of benzene rings is 1. The molecule has 6 nitrogen and oxygen atoms in total. The van der Waals surface area contributed by atoms with Crippen LogP contribution in [0, 0.1) is 11.8 Å². The molecule has 2 aliphatic heterocycles. The van der Waals surface area contributed by atoms with E-state index in [0.29, 0.717) is 24.6 Å². The Balaban J connectivity index is 1.54. The van der Waals surface area contributed by atoms with Gasteiger partial charge in [0.15, 0.2) is 0 Å². The average molecular weight is 402 g/mol. The number of ether oxygens (including phenoxy) is 1. The molecule has 6 heteroatoms. The lowest BCUT2D eigenvalue weighted by atomic mass is 9.99. The van der Waals surface area contributed by atoms with Gasteiger partial charge in [-0.05, 0) is 64.8 Å². The van der Waals surface area contributed by atoms with Gasteiger partial charge in [-0.25, -0.2) is 0 Å². The van der Waals surface area contributed by atoms with Crippen LogP contribution in [0.5, 0.6) is 5.75 Å². The first-order valence-electron chi connectivity index (χ1n) is 10.8. The second-order valence-electron chi connectivity index (χ2n) is 9.43. The van der Waals surface area contributed by atoms with Crippen molar-refractivity contribution >= 4 is 17.5 Å². The van der Waals surface area contributed by atoms with Gasteiger partial charge in [0, 0.05) is 25.0 Å². The van der Waals surface area contributed by atoms with Crippen molar-refractivity contribution in [3.8, 4) is 5.75 Å². The van der Waals surface area contributed by atoms with Gasteiger partial charge in [0.05, 0.1) is 11.6 Å². The van der Waals surface area contributed by atoms with E-state index in [1.807, 2.05) is 45.0 Å². The predicted molar refractivity (Wildman–Crippen MR) is 115 cm³/mol. The molecule has 29 heavy (non-hydrogen) atoms. The highest BCUT2D eigenvalue weighted by Crippen LogP contribution is 2.29. The first-order chi connectivity index (χ1) is 13.7. The van der Waals surface area contributed by atoms with Crippen LogP contribution in [-0.4, -0.2) is 59.9 Å². The molecule has 0 unspecified atom stereocenters. The Labute approximate surface area is 174 Å². The maximum atomic E-state index is 12.8. The monoisotopic (exact) mass is 401 g/mol. The zero-order chi connectivity index (χ0) is 21.0. The quantitative estimate of drug-likeness (QED) is 0.794. The van der Waals surface area contributed by atoms with Crippen molar-refractivity contribution in [2.24, 2.45) is 11.8 Å². The molecule has 2 aliphatic rings. The highest BCUT2D eigenvalue weighted by atomic mass is 16.5. The zero-order valence-electron chi connectivity index (χ0n) is 18.2. The topological polar surface area (TPSA) is 61.9 Å². The molecule has 2 saturated heterocycles. The Hall–Kier alpha value is -2.08. The molecule has 0 aromatic heterocycles. The molecular weight excluding hydrogens is 366 g/mol. The fourth-order valence-electron chi connectivity index (χ4n) is 4.03.